The van der Waals surface area contributed by atoms with Gasteiger partial charge in [-0.2, -0.15) is 0 Å². The summed E-state index contributed by atoms with van der Waals surface area (Å²) in [5.41, 5.74) is 2.61. The molecule has 2 heterocycles. The molecule has 0 spiro atoms. The Labute approximate surface area is 172 Å². The lowest BCUT2D eigenvalue weighted by molar-refractivity contribution is -0.0964. The Balaban J connectivity index is 1.73. The zero-order valence-electron chi connectivity index (χ0n) is 14.3. The molecule has 4 N–H and O–H groups in total. The number of ether oxygens (including phenoxy) is 1. The van der Waals surface area contributed by atoms with Gasteiger partial charge in [-0.15, -0.1) is 8.78 Å². The minimum absolute atomic E-state index is 0.0267. The Bertz CT molecular complexity index is 880. The summed E-state index contributed by atoms with van der Waals surface area (Å²) < 4.78 is 30.0. The third-order valence-corrected chi connectivity index (χ3v) is 4.70. The molecule has 1 aromatic carbocycles. The lowest BCUT2D eigenvalue weighted by Crippen LogP contribution is -2.24. The van der Waals surface area contributed by atoms with Crippen LogP contribution in [0.2, 0.25) is 0 Å². The number of alkyl halides is 3. The monoisotopic (exact) mass is 476 g/mol. The van der Waals surface area contributed by atoms with Gasteiger partial charge in [0.15, 0.2) is 0 Å². The quantitative estimate of drug-likeness (QED) is 0.571. The fraction of sp³-hybridized carbons (Fsp3) is 0.294. The molecule has 0 saturated carbocycles. The van der Waals surface area contributed by atoms with E-state index in [1.807, 2.05) is 4.90 Å². The number of nitrogens with zero attached hydrogens (tertiary/aromatic N) is 2. The Hall–Kier alpha value is -2.17. The van der Waals surface area contributed by atoms with E-state index in [4.69, 9.17) is 17.3 Å². The molecule has 0 radical (unpaired) electrons. The second-order valence-electron chi connectivity index (χ2n) is 6.14. The van der Waals surface area contributed by atoms with Crippen LogP contribution in [0, 0.1) is 0 Å². The zero-order valence-corrected chi connectivity index (χ0v) is 16.7. The number of hydrogen-bond donors (Lipinski definition) is 3. The average molecular weight is 478 g/mol. The van der Waals surface area contributed by atoms with Gasteiger partial charge in [-0.05, 0) is 52.7 Å². The first-order valence-corrected chi connectivity index (χ1v) is 9.35. The van der Waals surface area contributed by atoms with Crippen LogP contribution in [0.5, 0.6) is 5.75 Å². The van der Waals surface area contributed by atoms with Crippen LogP contribution < -0.4 is 20.7 Å². The standard InChI is InChI=1S/C17H16BrClF2N4O3/c18-13-7-12(14(22)24-15(13)25-6-5-10(26)8-25)16(27)23-9-1-3-11(4-2-9)28-17(19,20)21/h1-4,7,10,26H,5-6,8H2,(H2,22,24)(H,23,27)/t10-/m1/s1. The molecule has 0 unspecified atom stereocenters. The summed E-state index contributed by atoms with van der Waals surface area (Å²) in [6.07, 6.45) is 0.203. The number of aliphatic hydroxyl groups excluding tert-OH is 1. The molecule has 28 heavy (non-hydrogen) atoms. The van der Waals surface area contributed by atoms with Gasteiger partial charge in [-0.3, -0.25) is 4.79 Å². The third kappa shape index (κ3) is 5.00. The van der Waals surface area contributed by atoms with Crippen LogP contribution >= 0.6 is 27.5 Å². The fourth-order valence-corrected chi connectivity index (χ4v) is 3.43. The van der Waals surface area contributed by atoms with E-state index in [9.17, 15) is 18.7 Å². The molecule has 0 bridgehead atoms. The van der Waals surface area contributed by atoms with Gasteiger partial charge in [0.1, 0.15) is 17.4 Å². The number of nitrogens with two attached hydrogens (primary N) is 1. The van der Waals surface area contributed by atoms with Crippen LogP contribution in [0.25, 0.3) is 0 Å². The fourth-order valence-electron chi connectivity index (χ4n) is 2.77. The van der Waals surface area contributed by atoms with Crippen molar-refractivity contribution in [2.45, 2.75) is 18.1 Å². The van der Waals surface area contributed by atoms with Crippen molar-refractivity contribution in [2.24, 2.45) is 0 Å². The number of amides is 1. The highest BCUT2D eigenvalue weighted by Crippen LogP contribution is 2.31. The molecule has 1 aromatic heterocycles. The molecule has 7 nitrogen and oxygen atoms in total. The second-order valence-corrected chi connectivity index (χ2v) is 7.44. The Morgan fingerprint density at radius 1 is 1.43 bits per heavy atom. The van der Waals surface area contributed by atoms with Crippen molar-refractivity contribution in [3.63, 3.8) is 0 Å². The van der Waals surface area contributed by atoms with Gasteiger partial charge in [-0.25, -0.2) is 4.98 Å². The largest absolute Gasteiger partial charge is 0.487 e. The number of carbonyl (C=O) groups is 1. The lowest BCUT2D eigenvalue weighted by Gasteiger charge is -2.19. The average Bonchev–Trinajstić information content (AvgIpc) is 3.03. The highest BCUT2D eigenvalue weighted by molar-refractivity contribution is 9.10. The van der Waals surface area contributed by atoms with Crippen molar-refractivity contribution in [3.05, 3.63) is 40.4 Å². The molecule has 1 atom stereocenters. The van der Waals surface area contributed by atoms with Crippen LogP contribution in [-0.4, -0.2) is 40.8 Å². The number of halogens is 4. The number of aliphatic hydroxyl groups is 1. The van der Waals surface area contributed by atoms with E-state index in [1.165, 1.54) is 24.3 Å². The molecule has 2 aromatic rings. The Morgan fingerprint density at radius 3 is 2.68 bits per heavy atom. The minimum atomic E-state index is -3.82. The molecule has 1 aliphatic heterocycles. The smallest absolute Gasteiger partial charge is 0.420 e. The van der Waals surface area contributed by atoms with Crippen molar-refractivity contribution in [3.8, 4) is 5.75 Å². The number of pyridine rings is 1. The van der Waals surface area contributed by atoms with Gasteiger partial charge in [0.25, 0.3) is 5.91 Å². The van der Waals surface area contributed by atoms with E-state index < -0.39 is 17.6 Å². The van der Waals surface area contributed by atoms with Crippen LogP contribution in [-0.2, 0) is 0 Å². The normalized spacial score (nSPS) is 16.9. The molecule has 150 valence electrons. The predicted octanol–water partition coefficient (Wildman–Crippen LogP) is 3.42. The number of carbonyl (C=O) groups excluding carboxylic acids is 1. The number of β-amino-alcohol motifs (C(OH)–C–C–N with tert-alkyl or cyclic N) is 1. The summed E-state index contributed by atoms with van der Waals surface area (Å²) >= 11 is 8.08. The molecule has 0 aliphatic carbocycles. The van der Waals surface area contributed by atoms with Crippen LogP contribution in [0.4, 0.5) is 26.1 Å². The zero-order chi connectivity index (χ0) is 20.5. The number of aromatic nitrogens is 1. The van der Waals surface area contributed by atoms with Crippen molar-refractivity contribution in [2.75, 3.05) is 29.0 Å². The first kappa shape index (κ1) is 20.6. The van der Waals surface area contributed by atoms with Crippen LogP contribution in [0.15, 0.2) is 34.8 Å². The molecule has 1 saturated heterocycles. The van der Waals surface area contributed by atoms with Crippen molar-refractivity contribution in [1.29, 1.82) is 0 Å². The summed E-state index contributed by atoms with van der Waals surface area (Å²) in [4.78, 5) is 18.7. The summed E-state index contributed by atoms with van der Waals surface area (Å²) in [6, 6.07) is 6.79. The van der Waals surface area contributed by atoms with E-state index in [0.29, 0.717) is 35.5 Å². The SMILES string of the molecule is Nc1nc(N2CC[C@@H](O)C2)c(Br)cc1C(=O)Nc1ccc(OC(F)(F)Cl)cc1. The topological polar surface area (TPSA) is 101 Å². The van der Waals surface area contributed by atoms with E-state index in [0.717, 1.165) is 0 Å². The van der Waals surface area contributed by atoms with E-state index >= 15 is 0 Å². The number of benzene rings is 1. The van der Waals surface area contributed by atoms with Gasteiger partial charge < -0.3 is 25.8 Å². The maximum atomic E-state index is 12.6. The van der Waals surface area contributed by atoms with Gasteiger partial charge in [0, 0.05) is 30.4 Å². The number of rotatable bonds is 5. The second kappa shape index (κ2) is 8.06. The van der Waals surface area contributed by atoms with Crippen LogP contribution in [0.3, 0.4) is 0 Å². The summed E-state index contributed by atoms with van der Waals surface area (Å²) in [5, 5.41) is 12.3. The van der Waals surface area contributed by atoms with E-state index in [1.54, 1.807) is 6.07 Å². The number of nitrogen functional groups attached to an aromatic ring is 1. The van der Waals surface area contributed by atoms with Crippen molar-refractivity contribution < 1.29 is 23.4 Å². The molecule has 1 aliphatic rings. The third-order valence-electron chi connectivity index (χ3n) is 4.04. The highest BCUT2D eigenvalue weighted by Gasteiger charge is 2.27. The molecule has 11 heteroatoms. The molecule has 1 amide bonds. The van der Waals surface area contributed by atoms with Crippen LogP contribution in [0.1, 0.15) is 16.8 Å². The van der Waals surface area contributed by atoms with Gasteiger partial charge in [-0.1, -0.05) is 0 Å². The summed E-state index contributed by atoms with van der Waals surface area (Å²) in [6.45, 7) is 1.07. The lowest BCUT2D eigenvalue weighted by atomic mass is 10.2. The first-order chi connectivity index (χ1) is 13.1. The van der Waals surface area contributed by atoms with Gasteiger partial charge in [0.05, 0.1) is 16.1 Å². The number of nitrogens with one attached hydrogen (secondary N) is 1. The van der Waals surface area contributed by atoms with E-state index in [-0.39, 0.29) is 17.1 Å². The molecular formula is C17H16BrClF2N4O3. The summed E-state index contributed by atoms with van der Waals surface area (Å²) in [7, 11) is 0. The number of anilines is 3. The maximum Gasteiger partial charge on any atom is 0.487 e. The molecular weight excluding hydrogens is 462 g/mol. The minimum Gasteiger partial charge on any atom is -0.420 e. The number of hydrogen-bond acceptors (Lipinski definition) is 6. The van der Waals surface area contributed by atoms with E-state index in [2.05, 4.69) is 31.0 Å². The molecule has 1 fully saturated rings. The van der Waals surface area contributed by atoms with Gasteiger partial charge >= 0.3 is 5.57 Å². The first-order valence-electron chi connectivity index (χ1n) is 8.18. The Morgan fingerprint density at radius 2 is 2.11 bits per heavy atom. The highest BCUT2D eigenvalue weighted by atomic mass is 79.9. The predicted molar refractivity (Wildman–Crippen MR) is 105 cm³/mol. The summed E-state index contributed by atoms with van der Waals surface area (Å²) in [5.74, 6) is -0.0953. The van der Waals surface area contributed by atoms with Gasteiger partial charge in [0.2, 0.25) is 0 Å². The van der Waals surface area contributed by atoms with Crippen molar-refractivity contribution in [1.82, 2.24) is 4.98 Å². The maximum absolute atomic E-state index is 12.6. The Kier molecular flexibility index (Phi) is 5.92. The van der Waals surface area contributed by atoms with Crippen molar-refractivity contribution >= 4 is 50.8 Å². The molecule has 3 rings (SSSR count).